The first kappa shape index (κ1) is 14.1. The number of hydrogen-bond acceptors (Lipinski definition) is 4. The molecule has 0 amide bonds. The molecule has 0 saturated carbocycles. The molecule has 2 aliphatic heterocycles. The maximum atomic E-state index is 5.79. The zero-order valence-electron chi connectivity index (χ0n) is 12.1. The summed E-state index contributed by atoms with van der Waals surface area (Å²) in [5, 5.41) is 0. The van der Waals surface area contributed by atoms with Gasteiger partial charge in [0, 0.05) is 38.3 Å². The number of nitrogens with zero attached hydrogens (tertiary/aromatic N) is 3. The summed E-state index contributed by atoms with van der Waals surface area (Å²) in [5.41, 5.74) is 0. The van der Waals surface area contributed by atoms with Gasteiger partial charge in [0.15, 0.2) is 11.6 Å². The molecule has 2 heterocycles. The van der Waals surface area contributed by atoms with Crippen LogP contribution in [-0.2, 0) is 4.74 Å². The topological polar surface area (TPSA) is 28.1 Å². The number of rotatable bonds is 4. The highest BCUT2D eigenvalue weighted by molar-refractivity contribution is 5.55. The van der Waals surface area contributed by atoms with Crippen LogP contribution < -0.4 is 0 Å². The fourth-order valence-electron chi connectivity index (χ4n) is 2.89. The second kappa shape index (κ2) is 6.75. The van der Waals surface area contributed by atoms with E-state index in [1.165, 1.54) is 13.0 Å². The number of hydrogen-bond donors (Lipinski definition) is 0. The van der Waals surface area contributed by atoms with Gasteiger partial charge in [-0.1, -0.05) is 13.5 Å². The van der Waals surface area contributed by atoms with E-state index < -0.39 is 0 Å². The van der Waals surface area contributed by atoms with Crippen molar-refractivity contribution in [3.63, 3.8) is 0 Å². The molecule has 0 aromatic heterocycles. The van der Waals surface area contributed by atoms with Crippen molar-refractivity contribution in [2.45, 2.75) is 32.7 Å². The van der Waals surface area contributed by atoms with Crippen molar-refractivity contribution >= 4 is 6.21 Å². The summed E-state index contributed by atoms with van der Waals surface area (Å²) in [6.45, 7) is 13.2. The molecule has 1 saturated heterocycles. The van der Waals surface area contributed by atoms with Gasteiger partial charge in [0.2, 0.25) is 0 Å². The molecule has 0 aromatic carbocycles. The highest BCUT2D eigenvalue weighted by atomic mass is 16.5. The van der Waals surface area contributed by atoms with Crippen LogP contribution in [0.2, 0.25) is 0 Å². The van der Waals surface area contributed by atoms with Crippen LogP contribution in [0, 0.1) is 0 Å². The Balaban J connectivity index is 2.19. The van der Waals surface area contributed by atoms with E-state index in [0.29, 0.717) is 6.04 Å². The standard InChI is InChI=1S/C15H25N3O/c1-4-8-17-9-10-18-13(12-17)7-11-19-14(5-2)15(18)16-6-3/h5-6,13H,2,4,7-12H2,1,3H3. The minimum Gasteiger partial charge on any atom is -0.490 e. The summed E-state index contributed by atoms with van der Waals surface area (Å²) in [7, 11) is 0. The van der Waals surface area contributed by atoms with E-state index in [1.54, 1.807) is 6.08 Å². The molecule has 4 heteroatoms. The van der Waals surface area contributed by atoms with Crippen molar-refractivity contribution in [1.82, 2.24) is 9.80 Å². The van der Waals surface area contributed by atoms with Gasteiger partial charge in [0.25, 0.3) is 0 Å². The van der Waals surface area contributed by atoms with Gasteiger partial charge in [0.05, 0.1) is 6.61 Å². The lowest BCUT2D eigenvalue weighted by Gasteiger charge is -2.41. The van der Waals surface area contributed by atoms with E-state index >= 15 is 0 Å². The van der Waals surface area contributed by atoms with Gasteiger partial charge < -0.3 is 9.64 Å². The lowest BCUT2D eigenvalue weighted by molar-refractivity contribution is 0.0946. The second-order valence-electron chi connectivity index (χ2n) is 5.06. The molecule has 1 fully saturated rings. The molecule has 0 bridgehead atoms. The zero-order valence-corrected chi connectivity index (χ0v) is 12.1. The summed E-state index contributed by atoms with van der Waals surface area (Å²) in [4.78, 5) is 9.46. The summed E-state index contributed by atoms with van der Waals surface area (Å²) < 4.78 is 5.79. The first-order valence-corrected chi connectivity index (χ1v) is 7.27. The number of allylic oxidation sites excluding steroid dienone is 1. The Hall–Kier alpha value is -1.29. The predicted octanol–water partition coefficient (Wildman–Crippen LogP) is 2.25. The highest BCUT2D eigenvalue weighted by Gasteiger charge is 2.31. The Morgan fingerprint density at radius 3 is 3.00 bits per heavy atom. The van der Waals surface area contributed by atoms with Crippen molar-refractivity contribution in [3.8, 4) is 0 Å². The Morgan fingerprint density at radius 1 is 1.47 bits per heavy atom. The Morgan fingerprint density at radius 2 is 2.32 bits per heavy atom. The highest BCUT2D eigenvalue weighted by Crippen LogP contribution is 2.26. The fraction of sp³-hybridized carbons (Fsp3) is 0.667. The number of ether oxygens (including phenoxy) is 1. The molecular formula is C15H25N3O. The Labute approximate surface area is 116 Å². The van der Waals surface area contributed by atoms with Gasteiger partial charge in [-0.05, 0) is 26.0 Å². The Bertz CT molecular complexity index is 376. The molecule has 0 radical (unpaired) electrons. The minimum atomic E-state index is 0.511. The number of aliphatic imine (C=N–C) groups is 1. The molecule has 2 aliphatic rings. The molecular weight excluding hydrogens is 238 g/mol. The molecule has 19 heavy (non-hydrogen) atoms. The quantitative estimate of drug-likeness (QED) is 0.728. The summed E-state index contributed by atoms with van der Waals surface area (Å²) in [5.74, 6) is 1.78. The van der Waals surface area contributed by atoms with Crippen LogP contribution in [-0.4, -0.2) is 54.8 Å². The fourth-order valence-corrected chi connectivity index (χ4v) is 2.89. The van der Waals surface area contributed by atoms with Crippen LogP contribution in [0.5, 0.6) is 0 Å². The van der Waals surface area contributed by atoms with Crippen molar-refractivity contribution in [2.24, 2.45) is 4.99 Å². The van der Waals surface area contributed by atoms with Crippen LogP contribution in [0.1, 0.15) is 26.7 Å². The summed E-state index contributed by atoms with van der Waals surface area (Å²) in [6, 6.07) is 0.511. The maximum Gasteiger partial charge on any atom is 0.171 e. The van der Waals surface area contributed by atoms with Crippen molar-refractivity contribution < 1.29 is 4.74 Å². The van der Waals surface area contributed by atoms with Gasteiger partial charge >= 0.3 is 0 Å². The van der Waals surface area contributed by atoms with Gasteiger partial charge in [-0.15, -0.1) is 0 Å². The van der Waals surface area contributed by atoms with Crippen LogP contribution in [0.15, 0.2) is 29.2 Å². The van der Waals surface area contributed by atoms with E-state index in [2.05, 4.69) is 28.3 Å². The lowest BCUT2D eigenvalue weighted by atomic mass is 10.1. The van der Waals surface area contributed by atoms with Gasteiger partial charge in [0.1, 0.15) is 0 Å². The summed E-state index contributed by atoms with van der Waals surface area (Å²) >= 11 is 0. The zero-order chi connectivity index (χ0) is 13.7. The average molecular weight is 263 g/mol. The summed E-state index contributed by atoms with van der Waals surface area (Å²) in [6.07, 6.45) is 5.89. The molecule has 0 aliphatic carbocycles. The maximum absolute atomic E-state index is 5.79. The molecule has 1 unspecified atom stereocenters. The van der Waals surface area contributed by atoms with E-state index in [4.69, 9.17) is 4.74 Å². The molecule has 106 valence electrons. The monoisotopic (exact) mass is 263 g/mol. The number of fused-ring (bicyclic) bond motifs is 1. The van der Waals surface area contributed by atoms with E-state index in [0.717, 1.165) is 44.2 Å². The third-order valence-electron chi connectivity index (χ3n) is 3.74. The van der Waals surface area contributed by atoms with E-state index in [1.807, 2.05) is 13.1 Å². The van der Waals surface area contributed by atoms with Crippen LogP contribution >= 0.6 is 0 Å². The van der Waals surface area contributed by atoms with Gasteiger partial charge in [-0.25, -0.2) is 4.99 Å². The SMILES string of the molecule is C=CC1=C(N=CC)N2CCN(CCC)CC2CCO1. The van der Waals surface area contributed by atoms with Gasteiger partial charge in [-0.3, -0.25) is 4.90 Å². The van der Waals surface area contributed by atoms with E-state index in [-0.39, 0.29) is 0 Å². The minimum absolute atomic E-state index is 0.511. The molecule has 0 spiro atoms. The first-order chi connectivity index (χ1) is 9.30. The largest absolute Gasteiger partial charge is 0.490 e. The van der Waals surface area contributed by atoms with E-state index in [9.17, 15) is 0 Å². The molecule has 2 rings (SSSR count). The normalized spacial score (nSPS) is 25.2. The molecule has 4 nitrogen and oxygen atoms in total. The van der Waals surface area contributed by atoms with Crippen molar-refractivity contribution in [3.05, 3.63) is 24.2 Å². The Kier molecular flexibility index (Phi) is 5.02. The third-order valence-corrected chi connectivity index (χ3v) is 3.74. The predicted molar refractivity (Wildman–Crippen MR) is 79.2 cm³/mol. The second-order valence-corrected chi connectivity index (χ2v) is 5.06. The van der Waals surface area contributed by atoms with Crippen LogP contribution in [0.25, 0.3) is 0 Å². The first-order valence-electron chi connectivity index (χ1n) is 7.27. The number of piperazine rings is 1. The lowest BCUT2D eigenvalue weighted by Crippen LogP contribution is -2.52. The van der Waals surface area contributed by atoms with Crippen LogP contribution in [0.4, 0.5) is 0 Å². The van der Waals surface area contributed by atoms with Crippen LogP contribution in [0.3, 0.4) is 0 Å². The van der Waals surface area contributed by atoms with Gasteiger partial charge in [-0.2, -0.15) is 0 Å². The molecule has 0 aromatic rings. The van der Waals surface area contributed by atoms with Crippen molar-refractivity contribution in [1.29, 1.82) is 0 Å². The third kappa shape index (κ3) is 3.18. The molecule has 1 atom stereocenters. The molecule has 0 N–H and O–H groups in total. The van der Waals surface area contributed by atoms with Crippen molar-refractivity contribution in [2.75, 3.05) is 32.8 Å². The smallest absolute Gasteiger partial charge is 0.171 e. The average Bonchev–Trinajstić information content (AvgIpc) is 2.59.